The molecule has 0 aliphatic rings. The third-order valence-corrected chi connectivity index (χ3v) is 4.65. The van der Waals surface area contributed by atoms with E-state index in [4.69, 9.17) is 11.6 Å². The van der Waals surface area contributed by atoms with Gasteiger partial charge < -0.3 is 5.32 Å². The summed E-state index contributed by atoms with van der Waals surface area (Å²) in [6.07, 6.45) is 1.15. The van der Waals surface area contributed by atoms with Gasteiger partial charge in [-0.15, -0.1) is 0 Å². The second-order valence-corrected chi connectivity index (χ2v) is 8.46. The monoisotopic (exact) mass is 333 g/mol. The molecule has 1 aromatic heterocycles. The Morgan fingerprint density at radius 1 is 1.40 bits per heavy atom. The zero-order chi connectivity index (χ0) is 15.0. The Morgan fingerprint density at radius 2 is 2.10 bits per heavy atom. The number of nitrogens with zero attached hydrogens (tertiary/aromatic N) is 1. The lowest BCUT2D eigenvalue weighted by Gasteiger charge is -2.25. The van der Waals surface area contributed by atoms with E-state index in [2.05, 4.69) is 15.0 Å². The van der Waals surface area contributed by atoms with Gasteiger partial charge in [0.1, 0.15) is 0 Å². The number of nitrogens with one attached hydrogen (secondary N) is 2. The van der Waals surface area contributed by atoms with Crippen molar-refractivity contribution < 1.29 is 8.42 Å². The first-order valence-corrected chi connectivity index (χ1v) is 9.02. The zero-order valence-corrected chi connectivity index (χ0v) is 13.8. The first-order valence-electron chi connectivity index (χ1n) is 5.94. The fraction of sp³-hybridized carbons (Fsp3) is 0.417. The summed E-state index contributed by atoms with van der Waals surface area (Å²) in [5, 5.41) is 4.54. The Bertz CT molecular complexity index is 725. The van der Waals surface area contributed by atoms with Gasteiger partial charge in [0.2, 0.25) is 10.0 Å². The molecule has 2 N–H and O–H groups in total. The summed E-state index contributed by atoms with van der Waals surface area (Å²) < 4.78 is 26.1. The van der Waals surface area contributed by atoms with Gasteiger partial charge in [-0.05, 0) is 32.0 Å². The number of hydrogen-bond acceptors (Lipinski definition) is 5. The van der Waals surface area contributed by atoms with Gasteiger partial charge in [0, 0.05) is 17.1 Å². The molecule has 2 rings (SSSR count). The molecule has 1 aromatic carbocycles. The molecule has 0 unspecified atom stereocenters. The van der Waals surface area contributed by atoms with Crippen molar-refractivity contribution in [3.8, 4) is 0 Å². The molecule has 0 atom stereocenters. The van der Waals surface area contributed by atoms with E-state index in [0.29, 0.717) is 11.6 Å². The molecule has 0 radical (unpaired) electrons. The van der Waals surface area contributed by atoms with Crippen LogP contribution in [0, 0.1) is 0 Å². The Labute approximate surface area is 127 Å². The van der Waals surface area contributed by atoms with Gasteiger partial charge in [-0.1, -0.05) is 22.9 Å². The van der Waals surface area contributed by atoms with Crippen LogP contribution < -0.4 is 10.0 Å². The summed E-state index contributed by atoms with van der Waals surface area (Å²) in [5.41, 5.74) is 0.238. The second-order valence-electron chi connectivity index (χ2n) is 5.24. The van der Waals surface area contributed by atoms with Crippen molar-refractivity contribution in [3.05, 3.63) is 23.2 Å². The van der Waals surface area contributed by atoms with Gasteiger partial charge in [0.15, 0.2) is 5.13 Å². The van der Waals surface area contributed by atoms with Gasteiger partial charge in [0.05, 0.1) is 16.5 Å². The molecule has 5 nitrogen and oxygen atoms in total. The average Bonchev–Trinajstić information content (AvgIpc) is 2.65. The lowest BCUT2D eigenvalue weighted by atomic mass is 10.1. The van der Waals surface area contributed by atoms with Crippen molar-refractivity contribution in [1.82, 2.24) is 9.71 Å². The lowest BCUT2D eigenvalue weighted by molar-refractivity contribution is 0.476. The molecule has 20 heavy (non-hydrogen) atoms. The van der Waals surface area contributed by atoms with Crippen LogP contribution >= 0.6 is 22.9 Å². The molecule has 2 aromatic rings. The average molecular weight is 334 g/mol. The van der Waals surface area contributed by atoms with Crippen molar-refractivity contribution in [2.24, 2.45) is 0 Å². The number of aromatic nitrogens is 1. The van der Waals surface area contributed by atoms with E-state index in [9.17, 15) is 8.42 Å². The van der Waals surface area contributed by atoms with Gasteiger partial charge in [0.25, 0.3) is 0 Å². The van der Waals surface area contributed by atoms with Gasteiger partial charge in [-0.25, -0.2) is 18.1 Å². The van der Waals surface area contributed by atoms with Crippen LogP contribution in [0.15, 0.2) is 18.2 Å². The highest BCUT2D eigenvalue weighted by molar-refractivity contribution is 7.88. The topological polar surface area (TPSA) is 71.1 Å². The van der Waals surface area contributed by atoms with Gasteiger partial charge in [-0.3, -0.25) is 0 Å². The van der Waals surface area contributed by atoms with Gasteiger partial charge in [-0.2, -0.15) is 0 Å². The Kier molecular flexibility index (Phi) is 4.24. The molecule has 0 saturated carbocycles. The first-order chi connectivity index (χ1) is 9.15. The summed E-state index contributed by atoms with van der Waals surface area (Å²) in [6, 6.07) is 5.54. The van der Waals surface area contributed by atoms with E-state index in [1.807, 2.05) is 26.0 Å². The van der Waals surface area contributed by atoms with E-state index < -0.39 is 15.6 Å². The van der Waals surface area contributed by atoms with Crippen LogP contribution in [0.5, 0.6) is 0 Å². The summed E-state index contributed by atoms with van der Waals surface area (Å²) in [4.78, 5) is 4.42. The number of halogens is 1. The van der Waals surface area contributed by atoms with Crippen LogP contribution in [0.2, 0.25) is 5.02 Å². The molecule has 0 bridgehead atoms. The SMILES string of the molecule is CC(C)(CNc1nc2cc(Cl)ccc2s1)NS(C)(=O)=O. The maximum Gasteiger partial charge on any atom is 0.209 e. The van der Waals surface area contributed by atoms with Crippen molar-refractivity contribution in [1.29, 1.82) is 0 Å². The quantitative estimate of drug-likeness (QED) is 0.882. The predicted molar refractivity (Wildman–Crippen MR) is 85.2 cm³/mol. The maximum atomic E-state index is 11.3. The van der Waals surface area contributed by atoms with Crippen LogP contribution in [-0.4, -0.2) is 31.7 Å². The molecule has 0 aliphatic carbocycles. The maximum absolute atomic E-state index is 11.3. The van der Waals surface area contributed by atoms with E-state index in [1.54, 1.807) is 6.07 Å². The van der Waals surface area contributed by atoms with Crippen LogP contribution in [0.25, 0.3) is 10.2 Å². The van der Waals surface area contributed by atoms with Crippen LogP contribution in [0.1, 0.15) is 13.8 Å². The van der Waals surface area contributed by atoms with E-state index in [0.717, 1.165) is 21.6 Å². The summed E-state index contributed by atoms with van der Waals surface area (Å²) in [7, 11) is -3.24. The standard InChI is InChI=1S/C12H16ClN3O2S2/c1-12(2,16-20(3,17)18)7-14-11-15-9-6-8(13)4-5-10(9)19-11/h4-6,16H,7H2,1-3H3,(H,14,15). The smallest absolute Gasteiger partial charge is 0.209 e. The second kappa shape index (κ2) is 5.48. The highest BCUT2D eigenvalue weighted by atomic mass is 35.5. The Hall–Kier alpha value is -0.890. The first kappa shape index (κ1) is 15.5. The molecule has 1 heterocycles. The number of hydrogen-bond donors (Lipinski definition) is 2. The normalized spacial score (nSPS) is 12.8. The molecule has 0 aliphatic heterocycles. The molecular formula is C12H16ClN3O2S2. The van der Waals surface area contributed by atoms with Crippen LogP contribution in [0.3, 0.4) is 0 Å². The van der Waals surface area contributed by atoms with Crippen molar-refractivity contribution >= 4 is 48.3 Å². The largest absolute Gasteiger partial charge is 0.360 e. The van der Waals surface area contributed by atoms with Crippen molar-refractivity contribution in [3.63, 3.8) is 0 Å². The Morgan fingerprint density at radius 3 is 2.75 bits per heavy atom. The third kappa shape index (κ3) is 4.31. The number of anilines is 1. The molecule has 0 saturated heterocycles. The Balaban J connectivity index is 2.09. The minimum Gasteiger partial charge on any atom is -0.360 e. The number of rotatable bonds is 5. The molecule has 0 fully saturated rings. The fourth-order valence-corrected chi connectivity index (χ4v) is 3.89. The van der Waals surface area contributed by atoms with Crippen LogP contribution in [-0.2, 0) is 10.0 Å². The highest BCUT2D eigenvalue weighted by Gasteiger charge is 2.22. The predicted octanol–water partition coefficient (Wildman–Crippen LogP) is 2.69. The molecule has 0 spiro atoms. The number of benzene rings is 1. The third-order valence-electron chi connectivity index (χ3n) is 2.49. The summed E-state index contributed by atoms with van der Waals surface area (Å²) in [6.45, 7) is 4.06. The lowest BCUT2D eigenvalue weighted by Crippen LogP contribution is -2.47. The number of sulfonamides is 1. The minimum absolute atomic E-state index is 0.438. The van der Waals surface area contributed by atoms with Gasteiger partial charge >= 0.3 is 0 Å². The molecule has 8 heteroatoms. The van der Waals surface area contributed by atoms with Crippen molar-refractivity contribution in [2.75, 3.05) is 18.1 Å². The van der Waals surface area contributed by atoms with E-state index >= 15 is 0 Å². The number of fused-ring (bicyclic) bond motifs is 1. The van der Waals surface area contributed by atoms with E-state index in [-0.39, 0.29) is 0 Å². The molecule has 0 amide bonds. The summed E-state index contributed by atoms with van der Waals surface area (Å²) in [5.74, 6) is 0. The fourth-order valence-electron chi connectivity index (χ4n) is 1.81. The van der Waals surface area contributed by atoms with Crippen LogP contribution in [0.4, 0.5) is 5.13 Å². The summed E-state index contributed by atoms with van der Waals surface area (Å²) >= 11 is 7.42. The zero-order valence-electron chi connectivity index (χ0n) is 11.4. The minimum atomic E-state index is -3.24. The van der Waals surface area contributed by atoms with E-state index in [1.165, 1.54) is 11.3 Å². The highest BCUT2D eigenvalue weighted by Crippen LogP contribution is 2.28. The molecular weight excluding hydrogens is 318 g/mol. The van der Waals surface area contributed by atoms with Crippen molar-refractivity contribution in [2.45, 2.75) is 19.4 Å². The molecule has 110 valence electrons. The number of thiazole rings is 1.